The molecule has 0 saturated heterocycles. The van der Waals surface area contributed by atoms with E-state index in [9.17, 15) is 9.59 Å². The van der Waals surface area contributed by atoms with Crippen molar-refractivity contribution in [1.82, 2.24) is 4.90 Å². The number of carboxylic acid groups (broad SMARTS) is 1. The Balaban J connectivity index is 0. The van der Waals surface area contributed by atoms with Crippen LogP contribution in [0.5, 0.6) is 0 Å². The van der Waals surface area contributed by atoms with E-state index in [0.717, 1.165) is 12.8 Å². The van der Waals surface area contributed by atoms with Gasteiger partial charge in [0.15, 0.2) is 0 Å². The zero-order valence-corrected chi connectivity index (χ0v) is 20.8. The minimum atomic E-state index is -0.786. The number of rotatable bonds is 18. The first-order chi connectivity index (χ1) is 14.3. The van der Waals surface area contributed by atoms with Gasteiger partial charge in [-0.25, -0.2) is 4.79 Å². The molecule has 178 valence electrons. The number of hydrogen-bond acceptors (Lipinski definition) is 2. The molecule has 0 fully saturated rings. The molecule has 0 aromatic carbocycles. The topological polar surface area (TPSA) is 57.6 Å². The third-order valence-corrected chi connectivity index (χ3v) is 5.48. The molecule has 0 aliphatic carbocycles. The van der Waals surface area contributed by atoms with Crippen LogP contribution in [0.15, 0.2) is 11.6 Å². The molecule has 0 spiro atoms. The van der Waals surface area contributed by atoms with Crippen LogP contribution in [-0.2, 0) is 9.59 Å². The van der Waals surface area contributed by atoms with E-state index in [0.29, 0.717) is 5.57 Å². The van der Waals surface area contributed by atoms with Gasteiger partial charge in [-0.1, -0.05) is 109 Å². The van der Waals surface area contributed by atoms with Crippen LogP contribution < -0.4 is 0 Å². The average molecular weight is 426 g/mol. The Hall–Kier alpha value is -1.32. The summed E-state index contributed by atoms with van der Waals surface area (Å²) in [4.78, 5) is 22.2. The van der Waals surface area contributed by atoms with Gasteiger partial charge in [0.2, 0.25) is 5.91 Å². The Bertz CT molecular complexity index is 430. The van der Waals surface area contributed by atoms with Gasteiger partial charge in [-0.2, -0.15) is 0 Å². The Labute approximate surface area is 187 Å². The Morgan fingerprint density at radius 2 is 0.967 bits per heavy atom. The SMILES string of the molecule is CC(=O)N(C)C.CCCCCCCCCCCCCCCCCCC=C(C)C(=O)O. The number of carbonyl (C=O) groups excluding carboxylic acids is 1. The standard InChI is InChI=1S/C22H42O2.C4H9NO/c1-3-4-5-6-7-8-9-10-11-12-13-14-15-16-17-18-19-20-21(2)22(23)24;1-4(6)5(2)3/h20H,3-19H2,1-2H3,(H,23,24);1-3H3. The van der Waals surface area contributed by atoms with Gasteiger partial charge in [0.05, 0.1) is 0 Å². The lowest BCUT2D eigenvalue weighted by atomic mass is 10.0. The molecule has 0 saturated carbocycles. The predicted molar refractivity (Wildman–Crippen MR) is 130 cm³/mol. The molecule has 1 N–H and O–H groups in total. The number of aliphatic carboxylic acids is 1. The molecule has 0 aromatic heterocycles. The maximum atomic E-state index is 10.6. The minimum absolute atomic E-state index is 0.0926. The lowest BCUT2D eigenvalue weighted by Crippen LogP contribution is -2.17. The summed E-state index contributed by atoms with van der Waals surface area (Å²) in [6, 6.07) is 0. The van der Waals surface area contributed by atoms with Crippen molar-refractivity contribution in [1.29, 1.82) is 0 Å². The summed E-state index contributed by atoms with van der Waals surface area (Å²) in [7, 11) is 3.45. The first-order valence-corrected chi connectivity index (χ1v) is 12.4. The number of nitrogens with zero attached hydrogens (tertiary/aromatic N) is 1. The molecule has 0 atom stereocenters. The van der Waals surface area contributed by atoms with Crippen LogP contribution in [0.3, 0.4) is 0 Å². The highest BCUT2D eigenvalue weighted by molar-refractivity contribution is 5.85. The van der Waals surface area contributed by atoms with E-state index in [1.807, 2.05) is 6.08 Å². The van der Waals surface area contributed by atoms with E-state index in [-0.39, 0.29) is 5.91 Å². The van der Waals surface area contributed by atoms with Gasteiger partial charge in [-0.3, -0.25) is 4.79 Å². The Morgan fingerprint density at radius 3 is 1.23 bits per heavy atom. The van der Waals surface area contributed by atoms with Crippen molar-refractivity contribution in [3.05, 3.63) is 11.6 Å². The lowest BCUT2D eigenvalue weighted by Gasteiger charge is -2.03. The third-order valence-electron chi connectivity index (χ3n) is 5.48. The molecule has 0 heterocycles. The minimum Gasteiger partial charge on any atom is -0.478 e. The molecule has 4 heteroatoms. The molecule has 0 aliphatic heterocycles. The van der Waals surface area contributed by atoms with Gasteiger partial charge >= 0.3 is 5.97 Å². The fraction of sp³-hybridized carbons (Fsp3) is 0.846. The molecule has 0 unspecified atom stereocenters. The van der Waals surface area contributed by atoms with Crippen molar-refractivity contribution in [3.63, 3.8) is 0 Å². The van der Waals surface area contributed by atoms with Crippen molar-refractivity contribution >= 4 is 11.9 Å². The second-order valence-corrected chi connectivity index (χ2v) is 8.70. The van der Waals surface area contributed by atoms with Crippen LogP contribution in [0.2, 0.25) is 0 Å². The summed E-state index contributed by atoms with van der Waals surface area (Å²) in [5.74, 6) is -0.693. The van der Waals surface area contributed by atoms with E-state index in [1.165, 1.54) is 108 Å². The molecule has 0 rings (SSSR count). The smallest absolute Gasteiger partial charge is 0.330 e. The average Bonchev–Trinajstić information content (AvgIpc) is 2.70. The second-order valence-electron chi connectivity index (χ2n) is 8.70. The van der Waals surface area contributed by atoms with E-state index in [4.69, 9.17) is 5.11 Å². The summed E-state index contributed by atoms with van der Waals surface area (Å²) >= 11 is 0. The fourth-order valence-electron chi connectivity index (χ4n) is 3.10. The van der Waals surface area contributed by atoms with Gasteiger partial charge in [0, 0.05) is 26.6 Å². The quantitative estimate of drug-likeness (QED) is 0.180. The maximum Gasteiger partial charge on any atom is 0.330 e. The lowest BCUT2D eigenvalue weighted by molar-refractivity contribution is -0.132. The van der Waals surface area contributed by atoms with Crippen LogP contribution in [0.25, 0.3) is 0 Å². The van der Waals surface area contributed by atoms with E-state index in [1.54, 1.807) is 21.0 Å². The summed E-state index contributed by atoms with van der Waals surface area (Å²) in [6.45, 7) is 5.48. The molecule has 4 nitrogen and oxygen atoms in total. The van der Waals surface area contributed by atoms with E-state index in [2.05, 4.69) is 6.92 Å². The first-order valence-electron chi connectivity index (χ1n) is 12.4. The van der Waals surface area contributed by atoms with E-state index < -0.39 is 5.97 Å². The van der Waals surface area contributed by atoms with Gasteiger partial charge in [0.25, 0.3) is 0 Å². The zero-order valence-electron chi connectivity index (χ0n) is 20.8. The number of carbonyl (C=O) groups is 2. The third kappa shape index (κ3) is 26.7. The van der Waals surface area contributed by atoms with Crippen LogP contribution in [0.4, 0.5) is 0 Å². The van der Waals surface area contributed by atoms with Gasteiger partial charge in [-0.05, 0) is 19.8 Å². The Kier molecular flexibility index (Phi) is 24.6. The molecule has 30 heavy (non-hydrogen) atoms. The Morgan fingerprint density at radius 1 is 0.667 bits per heavy atom. The number of amides is 1. The molecule has 0 bridgehead atoms. The second kappa shape index (κ2) is 24.0. The van der Waals surface area contributed by atoms with Crippen molar-refractivity contribution < 1.29 is 14.7 Å². The summed E-state index contributed by atoms with van der Waals surface area (Å²) < 4.78 is 0. The monoisotopic (exact) mass is 425 g/mol. The molecular formula is C26H51NO3. The summed E-state index contributed by atoms with van der Waals surface area (Å²) in [5, 5.41) is 8.75. The van der Waals surface area contributed by atoms with Crippen molar-refractivity contribution in [3.8, 4) is 0 Å². The molecular weight excluding hydrogens is 374 g/mol. The highest BCUT2D eigenvalue weighted by atomic mass is 16.4. The van der Waals surface area contributed by atoms with Gasteiger partial charge < -0.3 is 10.0 Å². The van der Waals surface area contributed by atoms with Crippen LogP contribution in [-0.4, -0.2) is 36.0 Å². The van der Waals surface area contributed by atoms with Crippen LogP contribution in [0.1, 0.15) is 130 Å². The molecule has 0 aromatic rings. The van der Waals surface area contributed by atoms with Crippen LogP contribution >= 0.6 is 0 Å². The predicted octanol–water partition coefficient (Wildman–Crippen LogP) is 7.76. The van der Waals surface area contributed by atoms with Crippen molar-refractivity contribution in [2.45, 2.75) is 130 Å². The van der Waals surface area contributed by atoms with Crippen molar-refractivity contribution in [2.24, 2.45) is 0 Å². The summed E-state index contributed by atoms with van der Waals surface area (Å²) in [6.07, 6.45) is 24.8. The molecule has 1 amide bonds. The highest BCUT2D eigenvalue weighted by Crippen LogP contribution is 2.14. The number of allylic oxidation sites excluding steroid dienone is 1. The van der Waals surface area contributed by atoms with Gasteiger partial charge in [0.1, 0.15) is 0 Å². The zero-order chi connectivity index (χ0) is 23.0. The highest BCUT2D eigenvalue weighted by Gasteiger charge is 1.98. The molecule has 0 radical (unpaired) electrons. The molecule has 0 aliphatic rings. The normalized spacial score (nSPS) is 11.0. The number of unbranched alkanes of at least 4 members (excludes halogenated alkanes) is 16. The maximum absolute atomic E-state index is 10.6. The van der Waals surface area contributed by atoms with Crippen molar-refractivity contribution in [2.75, 3.05) is 14.1 Å². The first kappa shape index (κ1) is 30.9. The van der Waals surface area contributed by atoms with E-state index >= 15 is 0 Å². The number of hydrogen-bond donors (Lipinski definition) is 1. The summed E-state index contributed by atoms with van der Waals surface area (Å²) in [5.41, 5.74) is 0.482. The fourth-order valence-corrected chi connectivity index (χ4v) is 3.10. The van der Waals surface area contributed by atoms with Gasteiger partial charge in [-0.15, -0.1) is 0 Å². The number of carboxylic acids is 1. The van der Waals surface area contributed by atoms with Crippen LogP contribution in [0, 0.1) is 0 Å². The largest absolute Gasteiger partial charge is 0.478 e.